The van der Waals surface area contributed by atoms with Gasteiger partial charge in [0, 0.05) is 11.6 Å². The fourth-order valence-corrected chi connectivity index (χ4v) is 1.97. The minimum atomic E-state index is -0.380. The SMILES string of the molecule is CNC(C)c1ccccc1Oc1ccc(F)cc1Cl. The summed E-state index contributed by atoms with van der Waals surface area (Å²) in [6.45, 7) is 2.04. The average Bonchev–Trinajstić information content (AvgIpc) is 2.41. The number of rotatable bonds is 4. The Labute approximate surface area is 117 Å². The predicted octanol–water partition coefficient (Wildman–Crippen LogP) is 4.55. The summed E-state index contributed by atoms with van der Waals surface area (Å²) in [4.78, 5) is 0. The van der Waals surface area contributed by atoms with Crippen molar-refractivity contribution in [1.29, 1.82) is 0 Å². The number of halogens is 2. The van der Waals surface area contributed by atoms with E-state index in [9.17, 15) is 4.39 Å². The lowest BCUT2D eigenvalue weighted by atomic mass is 10.1. The summed E-state index contributed by atoms with van der Waals surface area (Å²) in [5.74, 6) is 0.769. The predicted molar refractivity (Wildman–Crippen MR) is 75.4 cm³/mol. The maximum Gasteiger partial charge on any atom is 0.146 e. The number of ether oxygens (including phenoxy) is 1. The number of benzene rings is 2. The molecule has 0 bridgehead atoms. The molecule has 0 aliphatic rings. The standard InChI is InChI=1S/C15H15ClFNO/c1-10(18-2)12-5-3-4-6-14(12)19-15-8-7-11(17)9-13(15)16/h3-10,18H,1-2H3. The number of para-hydroxylation sites is 1. The molecule has 19 heavy (non-hydrogen) atoms. The second-order valence-electron chi connectivity index (χ2n) is 4.22. The van der Waals surface area contributed by atoms with Crippen LogP contribution in [0, 0.1) is 5.82 Å². The quantitative estimate of drug-likeness (QED) is 0.886. The zero-order chi connectivity index (χ0) is 13.8. The van der Waals surface area contributed by atoms with Crippen LogP contribution in [0.1, 0.15) is 18.5 Å². The number of hydrogen-bond acceptors (Lipinski definition) is 2. The van der Waals surface area contributed by atoms with Gasteiger partial charge in [-0.25, -0.2) is 4.39 Å². The Hall–Kier alpha value is -1.58. The molecule has 2 rings (SSSR count). The molecule has 0 aliphatic carbocycles. The van der Waals surface area contributed by atoms with Crippen LogP contribution in [0.5, 0.6) is 11.5 Å². The van der Waals surface area contributed by atoms with Gasteiger partial charge in [0.1, 0.15) is 17.3 Å². The van der Waals surface area contributed by atoms with Crippen LogP contribution in [0.3, 0.4) is 0 Å². The number of nitrogens with one attached hydrogen (secondary N) is 1. The largest absolute Gasteiger partial charge is 0.455 e. The van der Waals surface area contributed by atoms with Gasteiger partial charge in [-0.1, -0.05) is 29.8 Å². The Balaban J connectivity index is 2.33. The minimum absolute atomic E-state index is 0.149. The molecule has 0 amide bonds. The lowest BCUT2D eigenvalue weighted by Crippen LogP contribution is -2.13. The molecule has 2 aromatic carbocycles. The Kier molecular flexibility index (Phi) is 4.40. The van der Waals surface area contributed by atoms with Crippen LogP contribution in [0.25, 0.3) is 0 Å². The first-order valence-electron chi connectivity index (χ1n) is 6.01. The highest BCUT2D eigenvalue weighted by Gasteiger charge is 2.11. The van der Waals surface area contributed by atoms with Crippen molar-refractivity contribution in [3.8, 4) is 11.5 Å². The first kappa shape index (κ1) is 13.8. The molecular formula is C15H15ClFNO. The van der Waals surface area contributed by atoms with Crippen molar-refractivity contribution < 1.29 is 9.13 Å². The molecule has 100 valence electrons. The summed E-state index contributed by atoms with van der Waals surface area (Å²) >= 11 is 5.96. The Morgan fingerprint density at radius 1 is 1.16 bits per heavy atom. The summed E-state index contributed by atoms with van der Waals surface area (Å²) in [6.07, 6.45) is 0. The van der Waals surface area contributed by atoms with Crippen LogP contribution < -0.4 is 10.1 Å². The van der Waals surface area contributed by atoms with Crippen molar-refractivity contribution in [2.75, 3.05) is 7.05 Å². The zero-order valence-corrected chi connectivity index (χ0v) is 11.5. The van der Waals surface area contributed by atoms with Crippen molar-refractivity contribution in [3.05, 3.63) is 58.9 Å². The Morgan fingerprint density at radius 2 is 1.89 bits per heavy atom. The van der Waals surface area contributed by atoms with Gasteiger partial charge in [-0.15, -0.1) is 0 Å². The molecule has 0 heterocycles. The third kappa shape index (κ3) is 3.25. The number of hydrogen-bond donors (Lipinski definition) is 1. The molecule has 0 spiro atoms. The smallest absolute Gasteiger partial charge is 0.146 e. The average molecular weight is 280 g/mol. The van der Waals surface area contributed by atoms with Gasteiger partial charge >= 0.3 is 0 Å². The van der Waals surface area contributed by atoms with Gasteiger partial charge < -0.3 is 10.1 Å². The van der Waals surface area contributed by atoms with E-state index < -0.39 is 0 Å². The molecular weight excluding hydrogens is 265 g/mol. The molecule has 0 fully saturated rings. The first-order valence-corrected chi connectivity index (χ1v) is 6.38. The van der Waals surface area contributed by atoms with Gasteiger partial charge in [-0.2, -0.15) is 0 Å². The monoisotopic (exact) mass is 279 g/mol. The normalized spacial score (nSPS) is 12.2. The molecule has 0 aliphatic heterocycles. The van der Waals surface area contributed by atoms with Crippen LogP contribution >= 0.6 is 11.6 Å². The van der Waals surface area contributed by atoms with Gasteiger partial charge in [0.25, 0.3) is 0 Å². The van der Waals surface area contributed by atoms with E-state index in [-0.39, 0.29) is 16.9 Å². The second kappa shape index (κ2) is 6.04. The van der Waals surface area contributed by atoms with Crippen molar-refractivity contribution in [3.63, 3.8) is 0 Å². The highest BCUT2D eigenvalue weighted by atomic mass is 35.5. The third-order valence-corrected chi connectivity index (χ3v) is 3.23. The molecule has 0 saturated heterocycles. The maximum absolute atomic E-state index is 13.0. The van der Waals surface area contributed by atoms with E-state index in [2.05, 4.69) is 5.32 Å². The Bertz CT molecular complexity index is 574. The topological polar surface area (TPSA) is 21.3 Å². The first-order chi connectivity index (χ1) is 9.11. The zero-order valence-electron chi connectivity index (χ0n) is 10.8. The van der Waals surface area contributed by atoms with E-state index in [0.29, 0.717) is 11.5 Å². The molecule has 0 radical (unpaired) electrons. The molecule has 0 saturated carbocycles. The van der Waals surface area contributed by atoms with Crippen LogP contribution in [0.2, 0.25) is 5.02 Å². The molecule has 2 aromatic rings. The van der Waals surface area contributed by atoms with E-state index in [1.54, 1.807) is 0 Å². The lowest BCUT2D eigenvalue weighted by molar-refractivity contribution is 0.465. The third-order valence-electron chi connectivity index (χ3n) is 2.93. The van der Waals surface area contributed by atoms with Gasteiger partial charge in [0.05, 0.1) is 5.02 Å². The summed E-state index contributed by atoms with van der Waals surface area (Å²) in [5, 5.41) is 3.41. The molecule has 4 heteroatoms. The lowest BCUT2D eigenvalue weighted by Gasteiger charge is -2.16. The van der Waals surface area contributed by atoms with Gasteiger partial charge in [-0.3, -0.25) is 0 Å². The van der Waals surface area contributed by atoms with E-state index in [1.165, 1.54) is 18.2 Å². The van der Waals surface area contributed by atoms with Gasteiger partial charge in [0.2, 0.25) is 0 Å². The van der Waals surface area contributed by atoms with Crippen LogP contribution in [-0.2, 0) is 0 Å². The van der Waals surface area contributed by atoms with Crippen LogP contribution in [0.15, 0.2) is 42.5 Å². The maximum atomic E-state index is 13.0. The second-order valence-corrected chi connectivity index (χ2v) is 4.63. The van der Waals surface area contributed by atoms with E-state index in [4.69, 9.17) is 16.3 Å². The fraction of sp³-hybridized carbons (Fsp3) is 0.200. The van der Waals surface area contributed by atoms with Gasteiger partial charge in [0.15, 0.2) is 0 Å². The molecule has 1 unspecified atom stereocenters. The summed E-state index contributed by atoms with van der Waals surface area (Å²) < 4.78 is 18.8. The van der Waals surface area contributed by atoms with E-state index in [1.807, 2.05) is 38.2 Å². The highest BCUT2D eigenvalue weighted by Crippen LogP contribution is 2.33. The summed E-state index contributed by atoms with van der Waals surface area (Å²) in [6, 6.07) is 11.9. The Morgan fingerprint density at radius 3 is 2.58 bits per heavy atom. The van der Waals surface area contributed by atoms with Crippen molar-refractivity contribution in [1.82, 2.24) is 5.32 Å². The van der Waals surface area contributed by atoms with Crippen LogP contribution in [0.4, 0.5) is 4.39 Å². The summed E-state index contributed by atoms with van der Waals surface area (Å²) in [7, 11) is 1.88. The summed E-state index contributed by atoms with van der Waals surface area (Å²) in [5.41, 5.74) is 1.02. The van der Waals surface area contributed by atoms with Gasteiger partial charge in [-0.05, 0) is 38.2 Å². The molecule has 0 aromatic heterocycles. The van der Waals surface area contributed by atoms with Crippen molar-refractivity contribution >= 4 is 11.6 Å². The van der Waals surface area contributed by atoms with Crippen molar-refractivity contribution in [2.45, 2.75) is 13.0 Å². The minimum Gasteiger partial charge on any atom is -0.455 e. The van der Waals surface area contributed by atoms with E-state index in [0.717, 1.165) is 5.56 Å². The fourth-order valence-electron chi connectivity index (χ4n) is 1.76. The molecule has 1 N–H and O–H groups in total. The highest BCUT2D eigenvalue weighted by molar-refractivity contribution is 6.32. The molecule has 2 nitrogen and oxygen atoms in total. The van der Waals surface area contributed by atoms with E-state index >= 15 is 0 Å². The van der Waals surface area contributed by atoms with Crippen molar-refractivity contribution in [2.24, 2.45) is 0 Å². The van der Waals surface area contributed by atoms with Crippen LogP contribution in [-0.4, -0.2) is 7.05 Å². The molecule has 1 atom stereocenters.